The van der Waals surface area contributed by atoms with Gasteiger partial charge >= 0.3 is 0 Å². The third-order valence-corrected chi connectivity index (χ3v) is 2.99. The molecule has 88 valence electrons. The van der Waals surface area contributed by atoms with Crippen LogP contribution in [0.3, 0.4) is 0 Å². The second kappa shape index (κ2) is 5.23. The van der Waals surface area contributed by atoms with Crippen molar-refractivity contribution in [1.29, 1.82) is 0 Å². The Kier molecular flexibility index (Phi) is 3.69. The van der Waals surface area contributed by atoms with Gasteiger partial charge in [0, 0.05) is 31.5 Å². The van der Waals surface area contributed by atoms with Crippen molar-refractivity contribution in [3.63, 3.8) is 0 Å². The van der Waals surface area contributed by atoms with E-state index in [1.165, 1.54) is 6.42 Å². The molecule has 2 heterocycles. The Labute approximate surface area is 95.8 Å². The van der Waals surface area contributed by atoms with E-state index in [0.717, 1.165) is 25.3 Å². The van der Waals surface area contributed by atoms with Gasteiger partial charge in [-0.2, -0.15) is 0 Å². The van der Waals surface area contributed by atoms with Gasteiger partial charge in [-0.25, -0.2) is 4.98 Å². The minimum atomic E-state index is 0.590. The van der Waals surface area contributed by atoms with Gasteiger partial charge < -0.3 is 10.1 Å². The van der Waals surface area contributed by atoms with E-state index in [9.17, 15) is 0 Å². The SMILES string of the molecule is COc1nccnc1CN(C)[C@@H]1CCNC1. The van der Waals surface area contributed by atoms with Crippen LogP contribution in [-0.2, 0) is 6.54 Å². The number of ether oxygens (including phenoxy) is 1. The van der Waals surface area contributed by atoms with Gasteiger partial charge in [-0.05, 0) is 20.0 Å². The maximum absolute atomic E-state index is 5.19. The first-order chi connectivity index (χ1) is 7.81. The predicted molar refractivity (Wildman–Crippen MR) is 61.3 cm³/mol. The molecule has 1 aliphatic heterocycles. The molecular weight excluding hydrogens is 204 g/mol. The molecule has 16 heavy (non-hydrogen) atoms. The van der Waals surface area contributed by atoms with Crippen LogP contribution in [0.25, 0.3) is 0 Å². The van der Waals surface area contributed by atoms with Gasteiger partial charge in [0.2, 0.25) is 5.88 Å². The van der Waals surface area contributed by atoms with Crippen LogP contribution in [0.5, 0.6) is 5.88 Å². The van der Waals surface area contributed by atoms with E-state index in [1.54, 1.807) is 19.5 Å². The van der Waals surface area contributed by atoms with Gasteiger partial charge in [-0.15, -0.1) is 0 Å². The summed E-state index contributed by atoms with van der Waals surface area (Å²) in [4.78, 5) is 10.8. The molecular formula is C11H18N4O. The fourth-order valence-electron chi connectivity index (χ4n) is 2.01. The average Bonchev–Trinajstić information content (AvgIpc) is 2.83. The van der Waals surface area contributed by atoms with Gasteiger partial charge in [0.15, 0.2) is 0 Å². The normalized spacial score (nSPS) is 20.3. The van der Waals surface area contributed by atoms with Crippen LogP contribution in [-0.4, -0.2) is 48.2 Å². The van der Waals surface area contributed by atoms with Crippen LogP contribution >= 0.6 is 0 Å². The monoisotopic (exact) mass is 222 g/mol. The van der Waals surface area contributed by atoms with Crippen LogP contribution < -0.4 is 10.1 Å². The van der Waals surface area contributed by atoms with Crippen molar-refractivity contribution in [3.8, 4) is 5.88 Å². The summed E-state index contributed by atoms with van der Waals surface area (Å²) in [6.45, 7) is 2.94. The van der Waals surface area contributed by atoms with Crippen LogP contribution in [0.2, 0.25) is 0 Å². The van der Waals surface area contributed by atoms with Crippen molar-refractivity contribution in [1.82, 2.24) is 20.2 Å². The van der Waals surface area contributed by atoms with Crippen molar-refractivity contribution in [3.05, 3.63) is 18.1 Å². The fraction of sp³-hybridized carbons (Fsp3) is 0.636. The van der Waals surface area contributed by atoms with E-state index in [0.29, 0.717) is 11.9 Å². The lowest BCUT2D eigenvalue weighted by atomic mass is 10.2. The topological polar surface area (TPSA) is 50.3 Å². The summed E-state index contributed by atoms with van der Waals surface area (Å²) in [5, 5.41) is 3.36. The third kappa shape index (κ3) is 2.48. The molecule has 0 unspecified atom stereocenters. The Morgan fingerprint density at radius 2 is 2.31 bits per heavy atom. The van der Waals surface area contributed by atoms with Crippen molar-refractivity contribution in [2.24, 2.45) is 0 Å². The van der Waals surface area contributed by atoms with Crippen molar-refractivity contribution < 1.29 is 4.74 Å². The van der Waals surface area contributed by atoms with E-state index < -0.39 is 0 Å². The first-order valence-electron chi connectivity index (χ1n) is 5.56. The lowest BCUT2D eigenvalue weighted by molar-refractivity contribution is 0.240. The Balaban J connectivity index is 2.01. The summed E-state index contributed by atoms with van der Waals surface area (Å²) in [5.74, 6) is 0.625. The van der Waals surface area contributed by atoms with Gasteiger partial charge in [0.1, 0.15) is 5.69 Å². The quantitative estimate of drug-likeness (QED) is 0.793. The number of aromatic nitrogens is 2. The Bertz CT molecular complexity index is 339. The molecule has 2 rings (SSSR count). The highest BCUT2D eigenvalue weighted by Gasteiger charge is 2.20. The van der Waals surface area contributed by atoms with E-state index >= 15 is 0 Å². The minimum Gasteiger partial charge on any atom is -0.480 e. The van der Waals surface area contributed by atoms with Crippen LogP contribution in [0.15, 0.2) is 12.4 Å². The van der Waals surface area contributed by atoms with Crippen LogP contribution in [0.1, 0.15) is 12.1 Å². The molecule has 1 atom stereocenters. The van der Waals surface area contributed by atoms with Crippen LogP contribution in [0.4, 0.5) is 0 Å². The summed E-state index contributed by atoms with van der Waals surface area (Å²) >= 11 is 0. The molecule has 1 aromatic rings. The average molecular weight is 222 g/mol. The second-order valence-electron chi connectivity index (χ2n) is 4.07. The number of methoxy groups -OCH3 is 1. The number of nitrogens with one attached hydrogen (secondary N) is 1. The zero-order chi connectivity index (χ0) is 11.4. The number of likely N-dealkylation sites (N-methyl/N-ethyl adjacent to an activating group) is 1. The summed E-state index contributed by atoms with van der Waals surface area (Å²) in [7, 11) is 3.75. The highest BCUT2D eigenvalue weighted by Crippen LogP contribution is 2.15. The summed E-state index contributed by atoms with van der Waals surface area (Å²) in [5.41, 5.74) is 0.902. The first-order valence-corrected chi connectivity index (χ1v) is 5.56. The molecule has 0 aliphatic carbocycles. The fourth-order valence-corrected chi connectivity index (χ4v) is 2.01. The second-order valence-corrected chi connectivity index (χ2v) is 4.07. The molecule has 0 saturated carbocycles. The van der Waals surface area contributed by atoms with Gasteiger partial charge in [-0.3, -0.25) is 9.88 Å². The zero-order valence-corrected chi connectivity index (χ0v) is 9.81. The Hall–Kier alpha value is -1.20. The van der Waals surface area contributed by atoms with E-state index in [-0.39, 0.29) is 0 Å². The zero-order valence-electron chi connectivity index (χ0n) is 9.81. The highest BCUT2D eigenvalue weighted by atomic mass is 16.5. The number of nitrogens with zero attached hydrogens (tertiary/aromatic N) is 3. The molecule has 0 spiro atoms. The molecule has 5 nitrogen and oxygen atoms in total. The molecule has 0 amide bonds. The number of rotatable bonds is 4. The molecule has 1 aromatic heterocycles. The lowest BCUT2D eigenvalue weighted by Gasteiger charge is -2.23. The maximum Gasteiger partial charge on any atom is 0.236 e. The smallest absolute Gasteiger partial charge is 0.236 e. The summed E-state index contributed by atoms with van der Waals surface area (Å²) in [6.07, 6.45) is 4.55. The molecule has 1 aliphatic rings. The first kappa shape index (κ1) is 11.3. The molecule has 1 N–H and O–H groups in total. The molecule has 0 bridgehead atoms. The lowest BCUT2D eigenvalue weighted by Crippen LogP contribution is -2.33. The van der Waals surface area contributed by atoms with Gasteiger partial charge in [0.25, 0.3) is 0 Å². The van der Waals surface area contributed by atoms with E-state index in [2.05, 4.69) is 27.2 Å². The number of hydrogen-bond donors (Lipinski definition) is 1. The van der Waals surface area contributed by atoms with Crippen molar-refractivity contribution in [2.75, 3.05) is 27.2 Å². The van der Waals surface area contributed by atoms with Crippen molar-refractivity contribution >= 4 is 0 Å². The summed E-state index contributed by atoms with van der Waals surface area (Å²) < 4.78 is 5.19. The largest absolute Gasteiger partial charge is 0.480 e. The van der Waals surface area contributed by atoms with E-state index in [4.69, 9.17) is 4.74 Å². The highest BCUT2D eigenvalue weighted by molar-refractivity contribution is 5.16. The molecule has 0 aromatic carbocycles. The number of hydrogen-bond acceptors (Lipinski definition) is 5. The standard InChI is InChI=1S/C11H18N4O/c1-15(9-3-4-12-7-9)8-10-11(16-2)14-6-5-13-10/h5-6,9,12H,3-4,7-8H2,1-2H3/t9-/m1/s1. The maximum atomic E-state index is 5.19. The Morgan fingerprint density at radius 3 is 3.00 bits per heavy atom. The molecule has 1 saturated heterocycles. The minimum absolute atomic E-state index is 0.590. The van der Waals surface area contributed by atoms with E-state index in [1.807, 2.05) is 0 Å². The summed E-state index contributed by atoms with van der Waals surface area (Å²) in [6, 6.07) is 0.590. The van der Waals surface area contributed by atoms with Crippen LogP contribution in [0, 0.1) is 0 Å². The molecule has 5 heteroatoms. The third-order valence-electron chi connectivity index (χ3n) is 2.99. The van der Waals surface area contributed by atoms with Gasteiger partial charge in [-0.1, -0.05) is 0 Å². The molecule has 1 fully saturated rings. The predicted octanol–water partition coefficient (Wildman–Crippen LogP) is 0.279. The van der Waals surface area contributed by atoms with Gasteiger partial charge in [0.05, 0.1) is 7.11 Å². The Morgan fingerprint density at radius 1 is 1.50 bits per heavy atom. The van der Waals surface area contributed by atoms with Crippen molar-refractivity contribution in [2.45, 2.75) is 19.0 Å². The molecule has 0 radical (unpaired) electrons.